The number of carbonyl (C=O) groups excluding carboxylic acids is 1. The Morgan fingerprint density at radius 2 is 2.06 bits per heavy atom. The average molecular weight is 246 g/mol. The van der Waals surface area contributed by atoms with Crippen LogP contribution in [0.1, 0.15) is 30.1 Å². The van der Waals surface area contributed by atoms with Crippen LogP contribution in [0, 0.1) is 0 Å². The van der Waals surface area contributed by atoms with Gasteiger partial charge in [0.1, 0.15) is 0 Å². The van der Waals surface area contributed by atoms with E-state index in [1.165, 1.54) is 12.8 Å². The van der Waals surface area contributed by atoms with Crippen LogP contribution >= 0.6 is 0 Å². The van der Waals surface area contributed by atoms with Crippen molar-refractivity contribution in [3.63, 3.8) is 0 Å². The van der Waals surface area contributed by atoms with Crippen LogP contribution in [0.25, 0.3) is 0 Å². The summed E-state index contributed by atoms with van der Waals surface area (Å²) >= 11 is 0. The fourth-order valence-electron chi connectivity index (χ4n) is 2.64. The van der Waals surface area contributed by atoms with Crippen LogP contribution in [-0.4, -0.2) is 43.9 Å². The number of likely N-dealkylation sites (N-methyl/N-ethyl adjacent to an activating group) is 1. The number of nitrogens with zero attached hydrogens (tertiary/aromatic N) is 2. The minimum atomic E-state index is 0.151. The molecule has 0 aliphatic carbocycles. The summed E-state index contributed by atoms with van der Waals surface area (Å²) in [7, 11) is 4.26. The Hall–Kier alpha value is -1.35. The third kappa shape index (κ3) is 2.72. The van der Waals surface area contributed by atoms with Crippen molar-refractivity contribution in [1.82, 2.24) is 4.90 Å². The van der Waals surface area contributed by atoms with Crippen molar-refractivity contribution >= 4 is 11.5 Å². The zero-order valence-corrected chi connectivity index (χ0v) is 11.5. The quantitative estimate of drug-likeness (QED) is 0.765. The van der Waals surface area contributed by atoms with Gasteiger partial charge in [0.05, 0.1) is 0 Å². The van der Waals surface area contributed by atoms with Gasteiger partial charge >= 0.3 is 0 Å². The van der Waals surface area contributed by atoms with Gasteiger partial charge < -0.3 is 9.80 Å². The predicted molar refractivity (Wildman–Crippen MR) is 75.4 cm³/mol. The Labute approximate surface area is 109 Å². The molecule has 1 saturated heterocycles. The molecule has 0 N–H and O–H groups in total. The van der Waals surface area contributed by atoms with E-state index in [4.69, 9.17) is 0 Å². The van der Waals surface area contributed by atoms with Gasteiger partial charge in [0.2, 0.25) is 0 Å². The zero-order chi connectivity index (χ0) is 13.1. The van der Waals surface area contributed by atoms with Crippen molar-refractivity contribution in [2.45, 2.75) is 25.8 Å². The van der Waals surface area contributed by atoms with E-state index in [0.717, 1.165) is 24.3 Å². The van der Waals surface area contributed by atoms with Crippen LogP contribution in [0.5, 0.6) is 0 Å². The second kappa shape index (κ2) is 5.53. The largest absolute Gasteiger partial charge is 0.369 e. The second-order valence-electron chi connectivity index (χ2n) is 5.28. The standard InChI is InChI=1S/C15H22N2O/c1-12(18)14-8-4-5-9-15(14)17-10-6-7-13(11-17)16(2)3/h4-5,8-9,13H,6-7,10-11H2,1-3H3. The number of benzene rings is 1. The summed E-state index contributed by atoms with van der Waals surface area (Å²) in [6.45, 7) is 3.71. The normalized spacial score (nSPS) is 20.2. The molecule has 1 aliphatic heterocycles. The first-order chi connectivity index (χ1) is 8.59. The Kier molecular flexibility index (Phi) is 4.02. The van der Waals surface area contributed by atoms with Crippen molar-refractivity contribution in [3.05, 3.63) is 29.8 Å². The molecular formula is C15H22N2O. The van der Waals surface area contributed by atoms with E-state index in [-0.39, 0.29) is 5.78 Å². The van der Waals surface area contributed by atoms with Crippen molar-refractivity contribution in [1.29, 1.82) is 0 Å². The number of Topliss-reactive ketones (excluding diaryl/α,β-unsaturated/α-hetero) is 1. The average Bonchev–Trinajstić information content (AvgIpc) is 2.39. The number of ketones is 1. The van der Waals surface area contributed by atoms with Gasteiger partial charge in [-0.1, -0.05) is 12.1 Å². The highest BCUT2D eigenvalue weighted by atomic mass is 16.1. The van der Waals surface area contributed by atoms with Gasteiger partial charge in [-0.25, -0.2) is 0 Å². The number of carbonyl (C=O) groups is 1. The highest BCUT2D eigenvalue weighted by Gasteiger charge is 2.23. The first-order valence-electron chi connectivity index (χ1n) is 6.61. The van der Waals surface area contributed by atoms with E-state index in [1.54, 1.807) is 6.92 Å². The molecule has 1 aromatic rings. The molecule has 1 unspecified atom stereocenters. The van der Waals surface area contributed by atoms with Gasteiger partial charge in [0, 0.05) is 30.4 Å². The lowest BCUT2D eigenvalue weighted by Gasteiger charge is -2.38. The summed E-state index contributed by atoms with van der Waals surface area (Å²) in [5.41, 5.74) is 1.94. The van der Waals surface area contributed by atoms with Crippen LogP contribution in [-0.2, 0) is 0 Å². The van der Waals surface area contributed by atoms with E-state index in [2.05, 4.69) is 30.0 Å². The first-order valence-corrected chi connectivity index (χ1v) is 6.61. The molecule has 3 nitrogen and oxygen atoms in total. The van der Waals surface area contributed by atoms with Gasteiger partial charge in [-0.15, -0.1) is 0 Å². The molecule has 3 heteroatoms. The van der Waals surface area contributed by atoms with Gasteiger partial charge in [0.25, 0.3) is 0 Å². The zero-order valence-electron chi connectivity index (χ0n) is 11.5. The predicted octanol–water partition coefficient (Wildman–Crippen LogP) is 2.42. The smallest absolute Gasteiger partial charge is 0.161 e. The molecule has 0 amide bonds. The van der Waals surface area contributed by atoms with Crippen molar-refractivity contribution in [2.24, 2.45) is 0 Å². The Morgan fingerprint density at radius 1 is 1.33 bits per heavy atom. The molecule has 1 atom stereocenters. The van der Waals surface area contributed by atoms with Crippen LogP contribution in [0.15, 0.2) is 24.3 Å². The second-order valence-corrected chi connectivity index (χ2v) is 5.28. The first kappa shape index (κ1) is 13.1. The van der Waals surface area contributed by atoms with Crippen LogP contribution in [0.2, 0.25) is 0 Å². The SMILES string of the molecule is CC(=O)c1ccccc1N1CCCC(N(C)C)C1. The summed E-state index contributed by atoms with van der Waals surface area (Å²) in [4.78, 5) is 16.3. The van der Waals surface area contributed by atoms with E-state index in [9.17, 15) is 4.79 Å². The molecule has 98 valence electrons. The third-order valence-electron chi connectivity index (χ3n) is 3.75. The number of hydrogen-bond acceptors (Lipinski definition) is 3. The van der Waals surface area contributed by atoms with E-state index >= 15 is 0 Å². The summed E-state index contributed by atoms with van der Waals surface area (Å²) in [5, 5.41) is 0. The highest BCUT2D eigenvalue weighted by Crippen LogP contribution is 2.25. The maximum absolute atomic E-state index is 11.7. The lowest BCUT2D eigenvalue weighted by molar-refractivity contribution is 0.101. The fraction of sp³-hybridized carbons (Fsp3) is 0.533. The van der Waals surface area contributed by atoms with Crippen LogP contribution in [0.4, 0.5) is 5.69 Å². The molecule has 0 aromatic heterocycles. The molecule has 0 radical (unpaired) electrons. The number of rotatable bonds is 3. The molecule has 1 aliphatic rings. The lowest BCUT2D eigenvalue weighted by atomic mass is 10.0. The van der Waals surface area contributed by atoms with Gasteiger partial charge in [0.15, 0.2) is 5.78 Å². The monoisotopic (exact) mass is 246 g/mol. The van der Waals surface area contributed by atoms with Crippen LogP contribution in [0.3, 0.4) is 0 Å². The number of anilines is 1. The Bertz CT molecular complexity index is 428. The van der Waals surface area contributed by atoms with Crippen LogP contribution < -0.4 is 4.90 Å². The molecular weight excluding hydrogens is 224 g/mol. The molecule has 18 heavy (non-hydrogen) atoms. The minimum absolute atomic E-state index is 0.151. The summed E-state index contributed by atoms with van der Waals surface area (Å²) in [6, 6.07) is 8.53. The van der Waals surface area contributed by atoms with Crippen molar-refractivity contribution in [2.75, 3.05) is 32.1 Å². The maximum Gasteiger partial charge on any atom is 0.161 e. The number of piperidine rings is 1. The summed E-state index contributed by atoms with van der Waals surface area (Å²) in [5.74, 6) is 0.151. The molecule has 0 bridgehead atoms. The molecule has 1 aromatic carbocycles. The molecule has 1 heterocycles. The lowest BCUT2D eigenvalue weighted by Crippen LogP contribution is -2.45. The fourth-order valence-corrected chi connectivity index (χ4v) is 2.64. The molecule has 2 rings (SSSR count). The minimum Gasteiger partial charge on any atom is -0.369 e. The topological polar surface area (TPSA) is 23.6 Å². The maximum atomic E-state index is 11.7. The van der Waals surface area contributed by atoms with Crippen molar-refractivity contribution < 1.29 is 4.79 Å². The molecule has 1 fully saturated rings. The van der Waals surface area contributed by atoms with E-state index < -0.39 is 0 Å². The highest BCUT2D eigenvalue weighted by molar-refractivity contribution is 5.99. The van der Waals surface area contributed by atoms with E-state index in [1.807, 2.05) is 18.2 Å². The van der Waals surface area contributed by atoms with Gasteiger partial charge in [-0.05, 0) is 46.0 Å². The Balaban J connectivity index is 2.23. The summed E-state index contributed by atoms with van der Waals surface area (Å²) in [6.07, 6.45) is 2.43. The summed E-state index contributed by atoms with van der Waals surface area (Å²) < 4.78 is 0. The van der Waals surface area contributed by atoms with Gasteiger partial charge in [-0.3, -0.25) is 4.79 Å². The number of para-hydroxylation sites is 1. The third-order valence-corrected chi connectivity index (χ3v) is 3.75. The Morgan fingerprint density at radius 3 is 2.72 bits per heavy atom. The molecule has 0 saturated carbocycles. The van der Waals surface area contributed by atoms with Crippen molar-refractivity contribution in [3.8, 4) is 0 Å². The molecule has 0 spiro atoms. The van der Waals surface area contributed by atoms with Gasteiger partial charge in [-0.2, -0.15) is 0 Å². The number of hydrogen-bond donors (Lipinski definition) is 0. The van der Waals surface area contributed by atoms with E-state index in [0.29, 0.717) is 6.04 Å².